The number of hydrogen-bond acceptors (Lipinski definition) is 5. The molecule has 6 nitrogen and oxygen atoms in total. The molecule has 0 heterocycles. The molecule has 0 saturated heterocycles. The minimum atomic E-state index is -0.855. The molecule has 2 atom stereocenters. The van der Waals surface area contributed by atoms with Gasteiger partial charge >= 0.3 is 5.97 Å². The van der Waals surface area contributed by atoms with E-state index in [1.807, 2.05) is 6.08 Å². The molecule has 1 amide bonds. The lowest BCUT2D eigenvalue weighted by atomic mass is 10.0. The van der Waals surface area contributed by atoms with E-state index in [0.717, 1.165) is 57.8 Å². The zero-order valence-electron chi connectivity index (χ0n) is 36.0. The van der Waals surface area contributed by atoms with Crippen LogP contribution in [-0.2, 0) is 14.3 Å². The van der Waals surface area contributed by atoms with Gasteiger partial charge in [0, 0.05) is 12.8 Å². The predicted octanol–water partition coefficient (Wildman–Crippen LogP) is 13.6. The van der Waals surface area contributed by atoms with Gasteiger partial charge in [-0.25, -0.2) is 0 Å². The summed E-state index contributed by atoms with van der Waals surface area (Å²) in [5, 5.41) is 22.9. The quantitative estimate of drug-likeness (QED) is 0.0327. The molecule has 2 unspecified atom stereocenters. The van der Waals surface area contributed by atoms with Crippen LogP contribution in [0.2, 0.25) is 0 Å². The lowest BCUT2D eigenvalue weighted by molar-refractivity contribution is -0.143. The largest absolute Gasteiger partial charge is 0.466 e. The Hall–Kier alpha value is -1.66. The van der Waals surface area contributed by atoms with Gasteiger partial charge < -0.3 is 20.3 Å². The third-order valence-electron chi connectivity index (χ3n) is 10.7. The minimum Gasteiger partial charge on any atom is -0.466 e. The molecular weight excluding hydrogens is 671 g/mol. The molecule has 3 N–H and O–H groups in total. The molecule has 0 aromatic heterocycles. The monoisotopic (exact) mass is 762 g/mol. The Morgan fingerprint density at radius 2 is 0.870 bits per heavy atom. The first kappa shape index (κ1) is 52.3. The zero-order chi connectivity index (χ0) is 39.4. The molecule has 0 aliphatic rings. The molecule has 0 bridgehead atoms. The molecule has 0 aliphatic carbocycles. The van der Waals surface area contributed by atoms with Crippen LogP contribution in [0.5, 0.6) is 0 Å². The van der Waals surface area contributed by atoms with Crippen molar-refractivity contribution in [2.75, 3.05) is 13.2 Å². The Morgan fingerprint density at radius 1 is 0.500 bits per heavy atom. The standard InChI is InChI=1S/C48H91NO5/c1-3-5-7-9-11-13-15-17-18-22-26-30-34-38-42-48(53)54-43-39-35-31-27-23-19-21-25-29-33-37-41-47(52)49-45(44-50)46(51)40-36-32-28-24-20-16-14-12-10-8-6-4-2/h15,17,36,40,45-46,50-51H,3-14,16,18-35,37-39,41-44H2,1-2H3,(H,49,52)/b17-15-,40-36+. The second kappa shape index (κ2) is 44.1. The van der Waals surface area contributed by atoms with Gasteiger partial charge in [0.25, 0.3) is 0 Å². The summed E-state index contributed by atoms with van der Waals surface area (Å²) in [6, 6.07) is -0.640. The van der Waals surface area contributed by atoms with Gasteiger partial charge in [0.1, 0.15) is 0 Å². The number of nitrogens with one attached hydrogen (secondary N) is 1. The Labute approximate surface area is 335 Å². The number of unbranched alkanes of at least 4 members (excludes halogenated alkanes) is 30. The maximum Gasteiger partial charge on any atom is 0.305 e. The van der Waals surface area contributed by atoms with Crippen molar-refractivity contribution in [1.82, 2.24) is 5.32 Å². The number of allylic oxidation sites excluding steroid dienone is 3. The summed E-state index contributed by atoms with van der Waals surface area (Å²) in [4.78, 5) is 24.4. The molecule has 0 fully saturated rings. The lowest BCUT2D eigenvalue weighted by Gasteiger charge is -2.20. The van der Waals surface area contributed by atoms with Crippen LogP contribution in [0.4, 0.5) is 0 Å². The maximum atomic E-state index is 12.4. The van der Waals surface area contributed by atoms with Gasteiger partial charge in [0.2, 0.25) is 5.91 Å². The minimum absolute atomic E-state index is 0.0247. The van der Waals surface area contributed by atoms with Crippen LogP contribution in [0.1, 0.15) is 245 Å². The third kappa shape index (κ3) is 40.0. The normalized spacial score (nSPS) is 12.9. The number of aliphatic hydroxyl groups is 2. The van der Waals surface area contributed by atoms with E-state index in [4.69, 9.17) is 4.74 Å². The summed E-state index contributed by atoms with van der Waals surface area (Å²) >= 11 is 0. The molecule has 0 aromatic rings. The molecule has 0 radical (unpaired) electrons. The van der Waals surface area contributed by atoms with E-state index in [-0.39, 0.29) is 18.5 Å². The summed E-state index contributed by atoms with van der Waals surface area (Å²) in [5.74, 6) is -0.113. The molecule has 0 spiro atoms. The van der Waals surface area contributed by atoms with E-state index >= 15 is 0 Å². The van der Waals surface area contributed by atoms with Gasteiger partial charge in [-0.2, -0.15) is 0 Å². The maximum absolute atomic E-state index is 12.4. The van der Waals surface area contributed by atoms with E-state index in [2.05, 4.69) is 31.3 Å². The molecular formula is C48H91NO5. The Balaban J connectivity index is 3.51. The van der Waals surface area contributed by atoms with E-state index in [1.165, 1.54) is 161 Å². The fourth-order valence-corrected chi connectivity index (χ4v) is 7.04. The number of aliphatic hydroxyl groups excluding tert-OH is 2. The van der Waals surface area contributed by atoms with Gasteiger partial charge in [0.15, 0.2) is 0 Å². The predicted molar refractivity (Wildman–Crippen MR) is 232 cm³/mol. The van der Waals surface area contributed by atoms with Crippen LogP contribution in [-0.4, -0.2) is 47.4 Å². The fourth-order valence-electron chi connectivity index (χ4n) is 7.04. The van der Waals surface area contributed by atoms with Crippen molar-refractivity contribution in [3.05, 3.63) is 24.3 Å². The summed E-state index contributed by atoms with van der Waals surface area (Å²) in [7, 11) is 0. The average molecular weight is 762 g/mol. The number of esters is 1. The number of carbonyl (C=O) groups is 2. The molecule has 6 heteroatoms. The molecule has 0 aromatic carbocycles. The first-order chi connectivity index (χ1) is 26.5. The number of ether oxygens (including phenoxy) is 1. The molecule has 0 aliphatic heterocycles. The van der Waals surface area contributed by atoms with Crippen molar-refractivity contribution in [3.8, 4) is 0 Å². The highest BCUT2D eigenvalue weighted by Gasteiger charge is 2.18. The Bertz CT molecular complexity index is 843. The highest BCUT2D eigenvalue weighted by Crippen LogP contribution is 2.15. The van der Waals surface area contributed by atoms with Crippen LogP contribution in [0.15, 0.2) is 24.3 Å². The summed E-state index contributed by atoms with van der Waals surface area (Å²) in [5.41, 5.74) is 0. The highest BCUT2D eigenvalue weighted by atomic mass is 16.5. The zero-order valence-corrected chi connectivity index (χ0v) is 36.0. The van der Waals surface area contributed by atoms with Crippen molar-refractivity contribution in [2.24, 2.45) is 0 Å². The van der Waals surface area contributed by atoms with Crippen LogP contribution in [0, 0.1) is 0 Å². The van der Waals surface area contributed by atoms with Crippen LogP contribution in [0.3, 0.4) is 0 Å². The number of carbonyl (C=O) groups excluding carboxylic acids is 2. The van der Waals surface area contributed by atoms with E-state index < -0.39 is 12.1 Å². The summed E-state index contributed by atoms with van der Waals surface area (Å²) < 4.78 is 5.44. The number of rotatable bonds is 43. The lowest BCUT2D eigenvalue weighted by Crippen LogP contribution is -2.45. The highest BCUT2D eigenvalue weighted by molar-refractivity contribution is 5.76. The van der Waals surface area contributed by atoms with Crippen molar-refractivity contribution < 1.29 is 24.5 Å². The first-order valence-electron chi connectivity index (χ1n) is 23.6. The van der Waals surface area contributed by atoms with Crippen molar-refractivity contribution in [1.29, 1.82) is 0 Å². The number of hydrogen-bond donors (Lipinski definition) is 3. The van der Waals surface area contributed by atoms with Gasteiger partial charge in [-0.15, -0.1) is 0 Å². The first-order valence-corrected chi connectivity index (χ1v) is 23.6. The van der Waals surface area contributed by atoms with E-state index in [0.29, 0.717) is 19.4 Å². The topological polar surface area (TPSA) is 95.9 Å². The van der Waals surface area contributed by atoms with Gasteiger partial charge in [0.05, 0.1) is 25.4 Å². The molecule has 54 heavy (non-hydrogen) atoms. The molecule has 0 rings (SSSR count). The third-order valence-corrected chi connectivity index (χ3v) is 10.7. The molecule has 318 valence electrons. The smallest absolute Gasteiger partial charge is 0.305 e. The van der Waals surface area contributed by atoms with Crippen LogP contribution >= 0.6 is 0 Å². The Morgan fingerprint density at radius 3 is 1.31 bits per heavy atom. The van der Waals surface area contributed by atoms with E-state index in [1.54, 1.807) is 6.08 Å². The second-order valence-electron chi connectivity index (χ2n) is 16.1. The Kier molecular flexibility index (Phi) is 42.7. The van der Waals surface area contributed by atoms with Gasteiger partial charge in [-0.1, -0.05) is 199 Å². The van der Waals surface area contributed by atoms with E-state index in [9.17, 15) is 19.8 Å². The fraction of sp³-hybridized carbons (Fsp3) is 0.875. The van der Waals surface area contributed by atoms with Crippen molar-refractivity contribution in [2.45, 2.75) is 257 Å². The number of amides is 1. The SMILES string of the molecule is CCCCCCC/C=C\CCCCCCCC(=O)OCCCCCCCCCCCCCC(=O)NC(CO)C(O)/C=C/CCCCCCCCCCCC. The van der Waals surface area contributed by atoms with Crippen molar-refractivity contribution in [3.63, 3.8) is 0 Å². The average Bonchev–Trinajstić information content (AvgIpc) is 3.17. The summed E-state index contributed by atoms with van der Waals surface area (Å²) in [6.07, 6.45) is 50.2. The van der Waals surface area contributed by atoms with Crippen LogP contribution in [0.25, 0.3) is 0 Å². The van der Waals surface area contributed by atoms with Crippen LogP contribution < -0.4 is 5.32 Å². The second-order valence-corrected chi connectivity index (χ2v) is 16.1. The van der Waals surface area contributed by atoms with Crippen molar-refractivity contribution >= 4 is 11.9 Å². The van der Waals surface area contributed by atoms with Gasteiger partial charge in [-0.05, 0) is 57.8 Å². The molecule has 0 saturated carbocycles. The summed E-state index contributed by atoms with van der Waals surface area (Å²) in [6.45, 7) is 4.83. The van der Waals surface area contributed by atoms with Gasteiger partial charge in [-0.3, -0.25) is 9.59 Å².